The molecule has 1 heterocycles. The molecule has 3 N–H and O–H groups in total. The number of aryl methyl sites for hydroxylation is 1. The second kappa shape index (κ2) is 8.10. The topological polar surface area (TPSA) is 83.1 Å². The highest BCUT2D eigenvalue weighted by Crippen LogP contribution is 2.19. The Morgan fingerprint density at radius 1 is 1.17 bits per heavy atom. The van der Waals surface area contributed by atoms with Crippen LogP contribution in [-0.4, -0.2) is 24.0 Å². The lowest BCUT2D eigenvalue weighted by atomic mass is 10.1. The minimum atomic E-state index is -0.309. The highest BCUT2D eigenvalue weighted by atomic mass is 16.2. The summed E-state index contributed by atoms with van der Waals surface area (Å²) in [6.07, 6.45) is 4.16. The number of pyridine rings is 1. The summed E-state index contributed by atoms with van der Waals surface area (Å²) in [5.74, 6) is -0.193. The van der Waals surface area contributed by atoms with Crippen LogP contribution in [-0.2, 0) is 0 Å². The first-order valence-corrected chi connectivity index (χ1v) is 7.85. The zero-order chi connectivity index (χ0) is 17.5. The van der Waals surface area contributed by atoms with Gasteiger partial charge in [0.05, 0.1) is 6.04 Å². The number of nitrogens with zero attached hydrogens (tertiary/aromatic N) is 1. The molecule has 0 bridgehead atoms. The van der Waals surface area contributed by atoms with Crippen LogP contribution in [0.4, 0.5) is 10.5 Å². The molecule has 0 fully saturated rings. The van der Waals surface area contributed by atoms with Gasteiger partial charge in [0, 0.05) is 30.7 Å². The highest BCUT2D eigenvalue weighted by Gasteiger charge is 2.14. The molecule has 126 valence electrons. The Morgan fingerprint density at radius 2 is 1.88 bits per heavy atom. The average molecular weight is 326 g/mol. The molecular formula is C18H22N4O2. The summed E-state index contributed by atoms with van der Waals surface area (Å²) in [6, 6.07) is 8.55. The molecule has 0 saturated heterocycles. The van der Waals surface area contributed by atoms with Crippen molar-refractivity contribution in [2.75, 3.05) is 12.4 Å². The van der Waals surface area contributed by atoms with Crippen molar-refractivity contribution in [3.63, 3.8) is 0 Å². The summed E-state index contributed by atoms with van der Waals surface area (Å²) in [5.41, 5.74) is 2.99. The monoisotopic (exact) mass is 326 g/mol. The molecule has 6 nitrogen and oxygen atoms in total. The number of aromatic nitrogens is 1. The maximum Gasteiger partial charge on any atom is 0.319 e. The lowest BCUT2D eigenvalue weighted by Crippen LogP contribution is -2.32. The fraction of sp³-hybridized carbons (Fsp3) is 0.278. The number of anilines is 1. The first-order valence-electron chi connectivity index (χ1n) is 7.85. The molecule has 1 aromatic heterocycles. The quantitative estimate of drug-likeness (QED) is 0.790. The molecule has 0 aliphatic heterocycles. The maximum absolute atomic E-state index is 12.3. The van der Waals surface area contributed by atoms with Crippen LogP contribution in [0.3, 0.4) is 0 Å². The number of carbonyl (C=O) groups excluding carboxylic acids is 2. The summed E-state index contributed by atoms with van der Waals surface area (Å²) >= 11 is 0. The van der Waals surface area contributed by atoms with Crippen LogP contribution >= 0.6 is 0 Å². The van der Waals surface area contributed by atoms with Crippen molar-refractivity contribution >= 4 is 17.6 Å². The molecule has 24 heavy (non-hydrogen) atoms. The number of rotatable bonds is 5. The molecule has 0 unspecified atom stereocenters. The van der Waals surface area contributed by atoms with Crippen molar-refractivity contribution in [1.29, 1.82) is 0 Å². The SMILES string of the molecule is CC[C@@H](NC(=O)Nc1cc(C(=O)NC)ccc1C)c1ccncc1. The molecule has 6 heteroatoms. The third-order valence-corrected chi connectivity index (χ3v) is 3.80. The summed E-state index contributed by atoms with van der Waals surface area (Å²) in [7, 11) is 1.57. The molecule has 3 amide bonds. The molecule has 1 aromatic carbocycles. The van der Waals surface area contributed by atoms with Gasteiger partial charge in [-0.15, -0.1) is 0 Å². The summed E-state index contributed by atoms with van der Waals surface area (Å²) in [6.45, 7) is 3.88. The van der Waals surface area contributed by atoms with E-state index >= 15 is 0 Å². The summed E-state index contributed by atoms with van der Waals surface area (Å²) in [5, 5.41) is 8.33. The average Bonchev–Trinajstić information content (AvgIpc) is 2.61. The van der Waals surface area contributed by atoms with Crippen LogP contribution in [0.2, 0.25) is 0 Å². The molecule has 0 aliphatic carbocycles. The van der Waals surface area contributed by atoms with Crippen molar-refractivity contribution in [3.05, 3.63) is 59.4 Å². The number of amides is 3. The predicted molar refractivity (Wildman–Crippen MR) is 94.0 cm³/mol. The van der Waals surface area contributed by atoms with E-state index in [0.717, 1.165) is 17.5 Å². The van der Waals surface area contributed by atoms with Crippen molar-refractivity contribution < 1.29 is 9.59 Å². The van der Waals surface area contributed by atoms with E-state index in [9.17, 15) is 9.59 Å². The number of hydrogen-bond donors (Lipinski definition) is 3. The van der Waals surface area contributed by atoms with Crippen LogP contribution in [0.5, 0.6) is 0 Å². The predicted octanol–water partition coefficient (Wildman–Crippen LogP) is 3.02. The lowest BCUT2D eigenvalue weighted by molar-refractivity contribution is 0.0963. The Labute approximate surface area is 141 Å². The normalized spacial score (nSPS) is 11.5. The summed E-state index contributed by atoms with van der Waals surface area (Å²) < 4.78 is 0. The van der Waals surface area contributed by atoms with E-state index in [4.69, 9.17) is 0 Å². The van der Waals surface area contributed by atoms with E-state index in [-0.39, 0.29) is 18.0 Å². The van der Waals surface area contributed by atoms with Gasteiger partial charge < -0.3 is 16.0 Å². The van der Waals surface area contributed by atoms with Gasteiger partial charge in [-0.25, -0.2) is 4.79 Å². The number of carbonyl (C=O) groups is 2. The first-order chi connectivity index (χ1) is 11.5. The number of hydrogen-bond acceptors (Lipinski definition) is 3. The van der Waals surface area contributed by atoms with Gasteiger partial charge in [0.2, 0.25) is 0 Å². The molecule has 0 aliphatic rings. The Balaban J connectivity index is 2.10. The van der Waals surface area contributed by atoms with E-state index in [1.807, 2.05) is 26.0 Å². The minimum absolute atomic E-state index is 0.101. The number of benzene rings is 1. The van der Waals surface area contributed by atoms with Gasteiger partial charge in [0.15, 0.2) is 0 Å². The second-order valence-electron chi connectivity index (χ2n) is 5.45. The summed E-state index contributed by atoms with van der Waals surface area (Å²) in [4.78, 5) is 28.0. The smallest absolute Gasteiger partial charge is 0.319 e. The molecule has 1 atom stereocenters. The van der Waals surface area contributed by atoms with Gasteiger partial charge >= 0.3 is 6.03 Å². The molecular weight excluding hydrogens is 304 g/mol. The zero-order valence-corrected chi connectivity index (χ0v) is 14.1. The van der Waals surface area contributed by atoms with Crippen molar-refractivity contribution in [3.8, 4) is 0 Å². The van der Waals surface area contributed by atoms with Crippen LogP contribution < -0.4 is 16.0 Å². The molecule has 2 rings (SSSR count). The number of nitrogens with one attached hydrogen (secondary N) is 3. The number of urea groups is 1. The zero-order valence-electron chi connectivity index (χ0n) is 14.1. The molecule has 2 aromatic rings. The Morgan fingerprint density at radius 3 is 2.50 bits per heavy atom. The van der Waals surface area contributed by atoms with Gasteiger partial charge in [0.25, 0.3) is 5.91 Å². The highest BCUT2D eigenvalue weighted by molar-refractivity contribution is 5.97. The van der Waals surface area contributed by atoms with E-state index in [1.165, 1.54) is 0 Å². The van der Waals surface area contributed by atoms with E-state index < -0.39 is 0 Å². The Kier molecular flexibility index (Phi) is 5.89. The third-order valence-electron chi connectivity index (χ3n) is 3.80. The lowest BCUT2D eigenvalue weighted by Gasteiger charge is -2.18. The van der Waals surface area contributed by atoms with Crippen molar-refractivity contribution in [2.24, 2.45) is 0 Å². The molecule has 0 spiro atoms. The fourth-order valence-corrected chi connectivity index (χ4v) is 2.38. The van der Waals surface area contributed by atoms with Gasteiger partial charge in [-0.05, 0) is 48.7 Å². The Bertz CT molecular complexity index is 716. The van der Waals surface area contributed by atoms with Gasteiger partial charge in [-0.1, -0.05) is 13.0 Å². The third kappa shape index (κ3) is 4.32. The van der Waals surface area contributed by atoms with Gasteiger partial charge in [-0.2, -0.15) is 0 Å². The van der Waals surface area contributed by atoms with Crippen molar-refractivity contribution in [2.45, 2.75) is 26.3 Å². The van der Waals surface area contributed by atoms with Gasteiger partial charge in [-0.3, -0.25) is 9.78 Å². The van der Waals surface area contributed by atoms with Crippen LogP contribution in [0, 0.1) is 6.92 Å². The molecule has 0 radical (unpaired) electrons. The van der Waals surface area contributed by atoms with Crippen LogP contribution in [0.1, 0.15) is 40.9 Å². The standard InChI is InChI=1S/C18H22N4O2/c1-4-15(13-7-9-20-10-8-13)21-18(24)22-16-11-14(17(23)19-3)6-5-12(16)2/h5-11,15H,4H2,1-3H3,(H,19,23)(H2,21,22,24)/t15-/m1/s1. The van der Waals surface area contributed by atoms with Crippen LogP contribution in [0.25, 0.3) is 0 Å². The van der Waals surface area contributed by atoms with E-state index in [0.29, 0.717) is 11.3 Å². The van der Waals surface area contributed by atoms with Crippen LogP contribution in [0.15, 0.2) is 42.7 Å². The van der Waals surface area contributed by atoms with E-state index in [1.54, 1.807) is 37.6 Å². The van der Waals surface area contributed by atoms with Gasteiger partial charge in [0.1, 0.15) is 0 Å². The molecule has 0 saturated carbocycles. The Hall–Kier alpha value is -2.89. The first kappa shape index (κ1) is 17.5. The maximum atomic E-state index is 12.3. The van der Waals surface area contributed by atoms with Crippen molar-refractivity contribution in [1.82, 2.24) is 15.6 Å². The van der Waals surface area contributed by atoms with E-state index in [2.05, 4.69) is 20.9 Å². The largest absolute Gasteiger partial charge is 0.355 e. The second-order valence-corrected chi connectivity index (χ2v) is 5.45. The minimum Gasteiger partial charge on any atom is -0.355 e. The fourth-order valence-electron chi connectivity index (χ4n) is 2.38.